The summed E-state index contributed by atoms with van der Waals surface area (Å²) in [6.45, 7) is 10.5. The molecule has 0 atom stereocenters. The average Bonchev–Trinajstić information content (AvgIpc) is 2.44. The van der Waals surface area contributed by atoms with Gasteiger partial charge >= 0.3 is 6.03 Å². The minimum atomic E-state index is -0.151. The smallest absolute Gasteiger partial charge is 0.319 e. The van der Waals surface area contributed by atoms with Crippen molar-refractivity contribution in [1.82, 2.24) is 5.32 Å². The van der Waals surface area contributed by atoms with Gasteiger partial charge in [-0.1, -0.05) is 39.0 Å². The maximum atomic E-state index is 12.0. The van der Waals surface area contributed by atoms with E-state index >= 15 is 0 Å². The van der Waals surface area contributed by atoms with Gasteiger partial charge in [0.25, 0.3) is 0 Å². The number of para-hydroxylation sites is 1. The van der Waals surface area contributed by atoms with Crippen LogP contribution in [0, 0.1) is 6.92 Å². The molecule has 21 heavy (non-hydrogen) atoms. The summed E-state index contributed by atoms with van der Waals surface area (Å²) in [6.07, 6.45) is 1.86. The number of hydrogen-bond donors (Lipinski definition) is 2. The fraction of sp³-hybridized carbons (Fsp3) is 0.588. The highest BCUT2D eigenvalue weighted by Gasteiger charge is 2.11. The van der Waals surface area contributed by atoms with Crippen molar-refractivity contribution < 1.29 is 9.53 Å². The number of rotatable bonds is 8. The molecule has 0 spiro atoms. The molecule has 0 bridgehead atoms. The van der Waals surface area contributed by atoms with Crippen LogP contribution < -0.4 is 10.6 Å². The van der Waals surface area contributed by atoms with Crippen molar-refractivity contribution in [3.05, 3.63) is 29.3 Å². The molecule has 1 aromatic carbocycles. The van der Waals surface area contributed by atoms with E-state index in [4.69, 9.17) is 4.74 Å². The van der Waals surface area contributed by atoms with E-state index in [1.165, 1.54) is 0 Å². The van der Waals surface area contributed by atoms with Gasteiger partial charge < -0.3 is 15.4 Å². The Morgan fingerprint density at radius 2 is 2.05 bits per heavy atom. The second-order valence-corrected chi connectivity index (χ2v) is 5.54. The maximum absolute atomic E-state index is 12.0. The number of nitrogens with one attached hydrogen (secondary N) is 2. The number of urea groups is 1. The second kappa shape index (κ2) is 9.40. The Morgan fingerprint density at radius 1 is 1.29 bits per heavy atom. The summed E-state index contributed by atoms with van der Waals surface area (Å²) >= 11 is 0. The molecule has 0 heterocycles. The van der Waals surface area contributed by atoms with Crippen LogP contribution in [0.2, 0.25) is 0 Å². The van der Waals surface area contributed by atoms with Gasteiger partial charge in [0.1, 0.15) is 0 Å². The number of aryl methyl sites for hydroxylation is 1. The van der Waals surface area contributed by atoms with Gasteiger partial charge in [0.2, 0.25) is 0 Å². The van der Waals surface area contributed by atoms with Gasteiger partial charge in [-0.3, -0.25) is 0 Å². The first-order valence-electron chi connectivity index (χ1n) is 7.78. The summed E-state index contributed by atoms with van der Waals surface area (Å²) in [5, 5.41) is 5.84. The second-order valence-electron chi connectivity index (χ2n) is 5.54. The topological polar surface area (TPSA) is 50.4 Å². The highest BCUT2D eigenvalue weighted by Crippen LogP contribution is 2.27. The molecule has 0 radical (unpaired) electrons. The standard InChI is InChI=1S/C17H28N2O2/c1-5-11-21-12-7-10-18-17(20)19-16-14(4)8-6-9-15(16)13(2)3/h6,8-9,13H,5,7,10-12H2,1-4H3,(H2,18,19,20). The van der Waals surface area contributed by atoms with E-state index in [2.05, 4.69) is 37.5 Å². The molecule has 0 aliphatic carbocycles. The quantitative estimate of drug-likeness (QED) is 0.710. The normalized spacial score (nSPS) is 10.7. The summed E-state index contributed by atoms with van der Waals surface area (Å²) in [5.41, 5.74) is 3.17. The lowest BCUT2D eigenvalue weighted by Gasteiger charge is -2.16. The van der Waals surface area contributed by atoms with Crippen LogP contribution in [0.5, 0.6) is 0 Å². The van der Waals surface area contributed by atoms with E-state index in [0.717, 1.165) is 36.3 Å². The molecule has 4 heteroatoms. The van der Waals surface area contributed by atoms with Crippen molar-refractivity contribution in [2.24, 2.45) is 0 Å². The molecule has 0 aromatic heterocycles. The zero-order valence-electron chi connectivity index (χ0n) is 13.7. The number of ether oxygens (including phenoxy) is 1. The van der Waals surface area contributed by atoms with Crippen LogP contribution in [0.4, 0.5) is 10.5 Å². The third kappa shape index (κ3) is 6.17. The molecule has 4 nitrogen and oxygen atoms in total. The Morgan fingerprint density at radius 3 is 2.71 bits per heavy atom. The van der Waals surface area contributed by atoms with Crippen LogP contribution >= 0.6 is 0 Å². The Bertz CT molecular complexity index is 444. The van der Waals surface area contributed by atoms with E-state index in [-0.39, 0.29) is 6.03 Å². The third-order valence-electron chi connectivity index (χ3n) is 3.27. The lowest BCUT2D eigenvalue weighted by molar-refractivity contribution is 0.132. The predicted molar refractivity (Wildman–Crippen MR) is 88.0 cm³/mol. The third-order valence-corrected chi connectivity index (χ3v) is 3.27. The molecule has 0 unspecified atom stereocenters. The summed E-state index contributed by atoms with van der Waals surface area (Å²) in [6, 6.07) is 5.95. The first-order valence-corrected chi connectivity index (χ1v) is 7.78. The van der Waals surface area contributed by atoms with Crippen molar-refractivity contribution in [2.45, 2.75) is 46.5 Å². The van der Waals surface area contributed by atoms with Crippen LogP contribution in [0.25, 0.3) is 0 Å². The highest BCUT2D eigenvalue weighted by molar-refractivity contribution is 5.91. The van der Waals surface area contributed by atoms with E-state index < -0.39 is 0 Å². The van der Waals surface area contributed by atoms with Gasteiger partial charge in [0, 0.05) is 25.4 Å². The van der Waals surface area contributed by atoms with Gasteiger partial charge in [-0.05, 0) is 36.8 Å². The SMILES string of the molecule is CCCOCCCNC(=O)Nc1c(C)cccc1C(C)C. The van der Waals surface area contributed by atoms with Crippen LogP contribution in [0.3, 0.4) is 0 Å². The molecule has 0 saturated carbocycles. The zero-order chi connectivity index (χ0) is 15.7. The van der Waals surface area contributed by atoms with E-state index in [1.54, 1.807) is 0 Å². The lowest BCUT2D eigenvalue weighted by atomic mass is 9.98. The van der Waals surface area contributed by atoms with Crippen molar-refractivity contribution >= 4 is 11.7 Å². The Kier molecular flexibility index (Phi) is 7.83. The molecular formula is C17H28N2O2. The molecule has 0 aliphatic heterocycles. The largest absolute Gasteiger partial charge is 0.381 e. The highest BCUT2D eigenvalue weighted by atomic mass is 16.5. The van der Waals surface area contributed by atoms with E-state index in [0.29, 0.717) is 19.1 Å². The average molecular weight is 292 g/mol. The molecule has 0 saturated heterocycles. The Labute approximate surface area is 128 Å². The first-order chi connectivity index (χ1) is 10.1. The molecule has 1 rings (SSSR count). The Hall–Kier alpha value is -1.55. The van der Waals surface area contributed by atoms with E-state index in [9.17, 15) is 4.79 Å². The van der Waals surface area contributed by atoms with Gasteiger partial charge in [-0.2, -0.15) is 0 Å². The molecule has 1 aromatic rings. The zero-order valence-corrected chi connectivity index (χ0v) is 13.7. The van der Waals surface area contributed by atoms with Crippen molar-refractivity contribution in [2.75, 3.05) is 25.1 Å². The van der Waals surface area contributed by atoms with E-state index in [1.807, 2.05) is 19.1 Å². The van der Waals surface area contributed by atoms with Crippen LogP contribution in [-0.2, 0) is 4.74 Å². The summed E-state index contributed by atoms with van der Waals surface area (Å²) in [4.78, 5) is 12.0. The van der Waals surface area contributed by atoms with Gasteiger partial charge in [0.05, 0.1) is 0 Å². The number of carbonyl (C=O) groups excluding carboxylic acids is 1. The summed E-state index contributed by atoms with van der Waals surface area (Å²) < 4.78 is 5.38. The monoisotopic (exact) mass is 292 g/mol. The molecule has 2 N–H and O–H groups in total. The van der Waals surface area contributed by atoms with Crippen molar-refractivity contribution in [3.63, 3.8) is 0 Å². The first kappa shape index (κ1) is 17.5. The lowest BCUT2D eigenvalue weighted by Crippen LogP contribution is -2.30. The molecule has 0 fully saturated rings. The fourth-order valence-electron chi connectivity index (χ4n) is 2.12. The van der Waals surface area contributed by atoms with Crippen molar-refractivity contribution in [1.29, 1.82) is 0 Å². The number of carbonyl (C=O) groups is 1. The minimum absolute atomic E-state index is 0.151. The minimum Gasteiger partial charge on any atom is -0.381 e. The maximum Gasteiger partial charge on any atom is 0.319 e. The van der Waals surface area contributed by atoms with Crippen LogP contribution in [0.1, 0.15) is 50.7 Å². The number of anilines is 1. The van der Waals surface area contributed by atoms with Crippen molar-refractivity contribution in [3.8, 4) is 0 Å². The summed E-state index contributed by atoms with van der Waals surface area (Å²) in [7, 11) is 0. The summed E-state index contributed by atoms with van der Waals surface area (Å²) in [5.74, 6) is 0.377. The molecule has 118 valence electrons. The van der Waals surface area contributed by atoms with Crippen LogP contribution in [-0.4, -0.2) is 25.8 Å². The van der Waals surface area contributed by atoms with Gasteiger partial charge in [-0.15, -0.1) is 0 Å². The Balaban J connectivity index is 2.44. The predicted octanol–water partition coefficient (Wildman–Crippen LogP) is 4.06. The number of hydrogen-bond acceptors (Lipinski definition) is 2. The van der Waals surface area contributed by atoms with Gasteiger partial charge in [0.15, 0.2) is 0 Å². The number of amides is 2. The van der Waals surface area contributed by atoms with Gasteiger partial charge in [-0.25, -0.2) is 4.79 Å². The number of benzene rings is 1. The van der Waals surface area contributed by atoms with Crippen LogP contribution in [0.15, 0.2) is 18.2 Å². The fourth-order valence-corrected chi connectivity index (χ4v) is 2.12. The molecule has 0 aliphatic rings. The molecule has 2 amide bonds. The molecular weight excluding hydrogens is 264 g/mol.